The Bertz CT molecular complexity index is 459. The lowest BCUT2D eigenvalue weighted by Gasteiger charge is -2.06. The van der Waals surface area contributed by atoms with E-state index < -0.39 is 15.7 Å². The molecule has 0 amide bonds. The normalized spacial score (nSPS) is 11.4. The lowest BCUT2D eigenvalue weighted by atomic mass is 10.3. The average Bonchev–Trinajstić information content (AvgIpc) is 2.23. The zero-order valence-corrected chi connectivity index (χ0v) is 10.3. The minimum Gasteiger partial charge on any atom is -0.492 e. The minimum atomic E-state index is -3.05. The number of hydrogen-bond acceptors (Lipinski definition) is 3. The van der Waals surface area contributed by atoms with Crippen molar-refractivity contribution < 1.29 is 17.5 Å². The van der Waals surface area contributed by atoms with Gasteiger partial charge in [-0.25, -0.2) is 12.8 Å². The summed E-state index contributed by atoms with van der Waals surface area (Å²) in [5.74, 6) is -0.315. The van der Waals surface area contributed by atoms with Gasteiger partial charge in [-0.1, -0.05) is 18.5 Å². The zero-order chi connectivity index (χ0) is 12.2. The number of rotatable bonds is 5. The minimum absolute atomic E-state index is 0.00790. The summed E-state index contributed by atoms with van der Waals surface area (Å²) in [6, 6.07) is 3.98. The largest absolute Gasteiger partial charge is 0.492 e. The van der Waals surface area contributed by atoms with Crippen LogP contribution >= 0.6 is 11.6 Å². The van der Waals surface area contributed by atoms with Gasteiger partial charge in [0.15, 0.2) is 9.84 Å². The smallest absolute Gasteiger partial charge is 0.153 e. The van der Waals surface area contributed by atoms with Gasteiger partial charge in [-0.05, 0) is 12.1 Å². The molecule has 0 fully saturated rings. The molecule has 16 heavy (non-hydrogen) atoms. The maximum atomic E-state index is 13.0. The second-order valence-electron chi connectivity index (χ2n) is 3.16. The van der Waals surface area contributed by atoms with Crippen LogP contribution < -0.4 is 4.74 Å². The Kier molecular flexibility index (Phi) is 4.56. The first-order valence-corrected chi connectivity index (χ1v) is 6.93. The summed E-state index contributed by atoms with van der Waals surface area (Å²) in [6.45, 7) is 1.58. The van der Waals surface area contributed by atoms with Crippen molar-refractivity contribution in [2.75, 3.05) is 18.1 Å². The molecule has 1 aromatic carbocycles. The van der Waals surface area contributed by atoms with Crippen LogP contribution in [0.2, 0.25) is 5.02 Å². The molecular weight excluding hydrogens is 255 g/mol. The van der Waals surface area contributed by atoms with Crippen LogP contribution in [0.1, 0.15) is 6.92 Å². The lowest BCUT2D eigenvalue weighted by Crippen LogP contribution is -2.15. The van der Waals surface area contributed by atoms with Crippen molar-refractivity contribution in [1.82, 2.24) is 0 Å². The predicted octanol–water partition coefficient (Wildman–Crippen LogP) is 2.29. The highest BCUT2D eigenvalue weighted by Gasteiger charge is 2.08. The van der Waals surface area contributed by atoms with Gasteiger partial charge in [-0.3, -0.25) is 0 Å². The Morgan fingerprint density at radius 3 is 2.69 bits per heavy atom. The molecule has 0 heterocycles. The zero-order valence-electron chi connectivity index (χ0n) is 8.74. The van der Waals surface area contributed by atoms with Crippen LogP contribution in [0.4, 0.5) is 4.39 Å². The number of hydrogen-bond donors (Lipinski definition) is 0. The van der Waals surface area contributed by atoms with E-state index in [0.717, 1.165) is 6.07 Å². The van der Waals surface area contributed by atoms with Gasteiger partial charge < -0.3 is 4.74 Å². The molecule has 0 aliphatic rings. The number of ether oxygens (including phenoxy) is 1. The van der Waals surface area contributed by atoms with Crippen LogP contribution in [0.3, 0.4) is 0 Å². The Morgan fingerprint density at radius 1 is 1.44 bits per heavy atom. The number of benzene rings is 1. The van der Waals surface area contributed by atoms with Gasteiger partial charge in [-0.15, -0.1) is 0 Å². The second-order valence-corrected chi connectivity index (χ2v) is 6.04. The molecule has 0 saturated heterocycles. The molecule has 0 bridgehead atoms. The molecule has 0 aliphatic heterocycles. The first kappa shape index (κ1) is 13.3. The first-order valence-electron chi connectivity index (χ1n) is 4.73. The molecule has 1 aromatic rings. The predicted molar refractivity (Wildman–Crippen MR) is 61.2 cm³/mol. The molecular formula is C10H12ClFO3S. The van der Waals surface area contributed by atoms with Crippen LogP contribution in [0, 0.1) is 5.82 Å². The Hall–Kier alpha value is -0.810. The van der Waals surface area contributed by atoms with Gasteiger partial charge >= 0.3 is 0 Å². The fourth-order valence-electron chi connectivity index (χ4n) is 0.997. The highest BCUT2D eigenvalue weighted by Crippen LogP contribution is 2.20. The van der Waals surface area contributed by atoms with Crippen molar-refractivity contribution in [2.24, 2.45) is 0 Å². The third-order valence-corrected chi connectivity index (χ3v) is 3.97. The molecule has 6 heteroatoms. The molecule has 0 spiro atoms. The summed E-state index contributed by atoms with van der Waals surface area (Å²) >= 11 is 5.48. The van der Waals surface area contributed by atoms with Gasteiger partial charge in [-0.2, -0.15) is 0 Å². The molecule has 0 radical (unpaired) electrons. The van der Waals surface area contributed by atoms with E-state index in [4.69, 9.17) is 16.3 Å². The van der Waals surface area contributed by atoms with E-state index in [1.54, 1.807) is 6.92 Å². The molecule has 0 aliphatic carbocycles. The van der Waals surface area contributed by atoms with Crippen molar-refractivity contribution in [3.63, 3.8) is 0 Å². The van der Waals surface area contributed by atoms with Crippen LogP contribution in [0.25, 0.3) is 0 Å². The van der Waals surface area contributed by atoms with Crippen LogP contribution in [-0.2, 0) is 9.84 Å². The molecule has 0 atom stereocenters. The van der Waals surface area contributed by atoms with Crippen molar-refractivity contribution in [3.8, 4) is 5.75 Å². The van der Waals surface area contributed by atoms with Crippen molar-refractivity contribution in [1.29, 1.82) is 0 Å². The molecule has 90 valence electrons. The van der Waals surface area contributed by atoms with Crippen molar-refractivity contribution >= 4 is 21.4 Å². The monoisotopic (exact) mass is 266 g/mol. The third kappa shape index (κ3) is 3.98. The van der Waals surface area contributed by atoms with Crippen molar-refractivity contribution in [3.05, 3.63) is 29.0 Å². The Balaban J connectivity index is 2.53. The van der Waals surface area contributed by atoms with Gasteiger partial charge in [0.25, 0.3) is 0 Å². The Labute approximate surface area is 99.1 Å². The van der Waals surface area contributed by atoms with E-state index in [9.17, 15) is 12.8 Å². The van der Waals surface area contributed by atoms with Gasteiger partial charge in [0.1, 0.15) is 18.2 Å². The van der Waals surface area contributed by atoms with Gasteiger partial charge in [0.05, 0.1) is 10.8 Å². The SMILES string of the molecule is CCS(=O)(=O)CCOc1ccc(Cl)c(F)c1. The molecule has 3 nitrogen and oxygen atoms in total. The average molecular weight is 267 g/mol. The van der Waals surface area contributed by atoms with E-state index in [-0.39, 0.29) is 28.9 Å². The van der Waals surface area contributed by atoms with E-state index in [0.29, 0.717) is 0 Å². The quantitative estimate of drug-likeness (QED) is 0.821. The van der Waals surface area contributed by atoms with Crippen LogP contribution in [-0.4, -0.2) is 26.5 Å². The maximum absolute atomic E-state index is 13.0. The fraction of sp³-hybridized carbons (Fsp3) is 0.400. The molecule has 0 unspecified atom stereocenters. The van der Waals surface area contributed by atoms with Gasteiger partial charge in [0, 0.05) is 11.8 Å². The highest BCUT2D eigenvalue weighted by molar-refractivity contribution is 7.91. The number of halogens is 2. The second kappa shape index (κ2) is 5.50. The summed E-state index contributed by atoms with van der Waals surface area (Å²) < 4.78 is 40.3. The van der Waals surface area contributed by atoms with Crippen molar-refractivity contribution in [2.45, 2.75) is 6.92 Å². The molecule has 0 aromatic heterocycles. The molecule has 0 N–H and O–H groups in total. The first-order chi connectivity index (χ1) is 7.44. The van der Waals surface area contributed by atoms with E-state index in [1.165, 1.54) is 12.1 Å². The summed E-state index contributed by atoms with van der Waals surface area (Å²) in [5.41, 5.74) is 0. The summed E-state index contributed by atoms with van der Waals surface area (Å²) in [5, 5.41) is 0.00790. The van der Waals surface area contributed by atoms with Gasteiger partial charge in [0.2, 0.25) is 0 Å². The molecule has 1 rings (SSSR count). The maximum Gasteiger partial charge on any atom is 0.153 e. The standard InChI is InChI=1S/C10H12ClFO3S/c1-2-16(13,14)6-5-15-8-3-4-9(11)10(12)7-8/h3-4,7H,2,5-6H2,1H3. The summed E-state index contributed by atoms with van der Waals surface area (Å²) in [7, 11) is -3.05. The summed E-state index contributed by atoms with van der Waals surface area (Å²) in [6.07, 6.45) is 0. The van der Waals surface area contributed by atoms with Crippen LogP contribution in [0.5, 0.6) is 5.75 Å². The fourth-order valence-corrected chi connectivity index (χ4v) is 1.74. The molecule has 0 saturated carbocycles. The van der Waals surface area contributed by atoms with Crippen LogP contribution in [0.15, 0.2) is 18.2 Å². The topological polar surface area (TPSA) is 43.4 Å². The number of sulfone groups is 1. The van der Waals surface area contributed by atoms with E-state index >= 15 is 0 Å². The van der Waals surface area contributed by atoms with E-state index in [2.05, 4.69) is 0 Å². The highest BCUT2D eigenvalue weighted by atomic mass is 35.5. The third-order valence-electron chi connectivity index (χ3n) is 1.99. The lowest BCUT2D eigenvalue weighted by molar-refractivity contribution is 0.339. The Morgan fingerprint density at radius 2 is 2.12 bits per heavy atom. The summed E-state index contributed by atoms with van der Waals surface area (Å²) in [4.78, 5) is 0. The van der Waals surface area contributed by atoms with E-state index in [1.807, 2.05) is 0 Å².